The molecular weight excluding hydrogens is 311 g/mol. The molecular formula is C9H12N2O7PS+. The van der Waals surface area contributed by atoms with E-state index < -0.39 is 42.2 Å². The van der Waals surface area contributed by atoms with E-state index in [1.165, 1.54) is 6.20 Å². The number of aliphatic hydroxyl groups is 1. The molecule has 2 heterocycles. The molecule has 0 radical (unpaired) electrons. The van der Waals surface area contributed by atoms with Gasteiger partial charge in [0.05, 0.1) is 6.10 Å². The summed E-state index contributed by atoms with van der Waals surface area (Å²) in [5, 5.41) is 9.78. The van der Waals surface area contributed by atoms with Crippen LogP contribution in [0.25, 0.3) is 0 Å². The summed E-state index contributed by atoms with van der Waals surface area (Å²) < 4.78 is 5.69. The third-order valence-electron chi connectivity index (χ3n) is 2.80. The molecule has 1 aromatic rings. The fourth-order valence-corrected chi connectivity index (χ4v) is 2.66. The van der Waals surface area contributed by atoms with Crippen molar-refractivity contribution >= 4 is 24.8 Å². The van der Waals surface area contributed by atoms with Gasteiger partial charge in [0.15, 0.2) is 6.10 Å². The van der Waals surface area contributed by atoms with E-state index >= 15 is 0 Å². The van der Waals surface area contributed by atoms with Crippen molar-refractivity contribution in [2.24, 2.45) is 0 Å². The number of aliphatic hydroxyl groups excluding tert-OH is 1. The van der Waals surface area contributed by atoms with Crippen molar-refractivity contribution in [3.05, 3.63) is 33.1 Å². The van der Waals surface area contributed by atoms with Gasteiger partial charge < -0.3 is 9.84 Å². The van der Waals surface area contributed by atoms with Gasteiger partial charge in [0.1, 0.15) is 6.23 Å². The highest BCUT2D eigenvalue weighted by Crippen LogP contribution is 2.50. The summed E-state index contributed by atoms with van der Waals surface area (Å²) in [5.41, 5.74) is -1.32. The Labute approximate surface area is 117 Å². The number of nitrogens with one attached hydrogen (secondary N) is 1. The Kier molecular flexibility index (Phi) is 4.17. The number of aromatic nitrogens is 2. The average Bonchev–Trinajstić information content (AvgIpc) is 2.68. The minimum absolute atomic E-state index is 0.0588. The number of aromatic amines is 1. The monoisotopic (exact) mass is 323 g/mol. The Balaban J connectivity index is 2.25. The van der Waals surface area contributed by atoms with Crippen molar-refractivity contribution in [1.29, 1.82) is 0 Å². The molecule has 0 amide bonds. The molecule has 5 N–H and O–H groups in total. The number of hydrogen-bond donors (Lipinski definition) is 5. The Hall–Kier alpha value is -1.00. The Bertz CT molecular complexity index is 636. The fourth-order valence-electron chi connectivity index (χ4n) is 1.87. The smallest absolute Gasteiger partial charge is 0.390 e. The number of hydrogen-bond acceptors (Lipinski definition) is 8. The highest BCUT2D eigenvalue weighted by atomic mass is 32.1. The molecule has 9 nitrogen and oxygen atoms in total. The highest BCUT2D eigenvalue weighted by Gasteiger charge is 2.51. The topological polar surface area (TPSA) is 145 Å². The Morgan fingerprint density at radius 3 is 2.65 bits per heavy atom. The summed E-state index contributed by atoms with van der Waals surface area (Å²) in [6.45, 7) is 0. The molecule has 1 aliphatic rings. The van der Waals surface area contributed by atoms with Gasteiger partial charge in [-0.1, -0.05) is 0 Å². The first-order valence-electron chi connectivity index (χ1n) is 5.47. The lowest BCUT2D eigenvalue weighted by Crippen LogP contribution is -2.32. The van der Waals surface area contributed by atoms with Crippen molar-refractivity contribution in [2.45, 2.75) is 24.9 Å². The summed E-state index contributed by atoms with van der Waals surface area (Å²) in [4.78, 5) is 51.8. The second-order valence-electron chi connectivity index (χ2n) is 4.24. The van der Waals surface area contributed by atoms with Gasteiger partial charge in [0.25, 0.3) is 10.2 Å². The second kappa shape index (κ2) is 5.41. The molecule has 1 saturated heterocycles. The lowest BCUT2D eigenvalue weighted by molar-refractivity contribution is 0.0161. The zero-order valence-corrected chi connectivity index (χ0v) is 11.6. The predicted octanol–water partition coefficient (Wildman–Crippen LogP) is -1.75. The lowest BCUT2D eigenvalue weighted by atomic mass is 10.2. The van der Waals surface area contributed by atoms with Gasteiger partial charge in [-0.25, -0.2) is 4.79 Å². The molecule has 0 bridgehead atoms. The van der Waals surface area contributed by atoms with Crippen LogP contribution < -0.4 is 11.2 Å². The molecule has 0 aromatic carbocycles. The van der Waals surface area contributed by atoms with E-state index in [0.29, 0.717) is 0 Å². The van der Waals surface area contributed by atoms with Crippen molar-refractivity contribution in [1.82, 2.24) is 9.55 Å². The van der Waals surface area contributed by atoms with E-state index in [2.05, 4.69) is 12.2 Å². The standard InChI is InChI=1S/C9H11N2O7PS/c12-4-3-6(11-2-1-5(13)10-9(11)14)18-7(4)8(20)19(15,16)17/h1-2,4,6-7,12,15-17H,3H2/p+1/t4-,6+,7-/m0/s1. The van der Waals surface area contributed by atoms with Crippen LogP contribution in [0.15, 0.2) is 21.9 Å². The first kappa shape index (κ1) is 15.4. The number of nitrogens with zero attached hydrogens (tertiary/aromatic N) is 1. The minimum atomic E-state index is -4.43. The van der Waals surface area contributed by atoms with Crippen LogP contribution in [0.3, 0.4) is 0 Å². The van der Waals surface area contributed by atoms with E-state index in [1.54, 1.807) is 0 Å². The maximum Gasteiger partial charge on any atom is 0.451 e. The average molecular weight is 323 g/mol. The number of ether oxygens (including phenoxy) is 1. The van der Waals surface area contributed by atoms with Crippen molar-refractivity contribution in [2.75, 3.05) is 0 Å². The molecule has 1 aliphatic heterocycles. The first-order chi connectivity index (χ1) is 9.20. The number of H-pyrrole nitrogens is 1. The summed E-state index contributed by atoms with van der Waals surface area (Å²) in [5.74, 6) is 0. The van der Waals surface area contributed by atoms with Crippen LogP contribution >= 0.6 is 20.2 Å². The van der Waals surface area contributed by atoms with Gasteiger partial charge in [-0.2, -0.15) is 14.7 Å². The summed E-state index contributed by atoms with van der Waals surface area (Å²) in [6, 6.07) is 1.10. The van der Waals surface area contributed by atoms with E-state index in [1.807, 2.05) is 4.98 Å². The molecule has 20 heavy (non-hydrogen) atoms. The Morgan fingerprint density at radius 1 is 1.45 bits per heavy atom. The molecule has 11 heteroatoms. The first-order valence-corrected chi connectivity index (χ1v) is 7.52. The van der Waals surface area contributed by atoms with E-state index in [9.17, 15) is 14.7 Å². The maximum absolute atomic E-state index is 11.6. The van der Waals surface area contributed by atoms with Crippen LogP contribution in [-0.4, -0.2) is 46.2 Å². The fraction of sp³-hybridized carbons (Fsp3) is 0.444. The molecule has 2 rings (SSSR count). The molecule has 1 aromatic heterocycles. The molecule has 0 saturated carbocycles. The zero-order chi connectivity index (χ0) is 15.1. The van der Waals surface area contributed by atoms with Crippen molar-refractivity contribution in [3.63, 3.8) is 0 Å². The third kappa shape index (κ3) is 3.01. The minimum Gasteiger partial charge on any atom is -0.390 e. The Morgan fingerprint density at radius 2 is 2.10 bits per heavy atom. The summed E-state index contributed by atoms with van der Waals surface area (Å²) >= 11 is 4.65. The van der Waals surface area contributed by atoms with E-state index in [-0.39, 0.29) is 6.42 Å². The van der Waals surface area contributed by atoms with Gasteiger partial charge in [-0.05, 0) is 12.2 Å². The van der Waals surface area contributed by atoms with Crippen LogP contribution in [0.1, 0.15) is 12.6 Å². The maximum atomic E-state index is 11.6. The van der Waals surface area contributed by atoms with Gasteiger partial charge in [-0.3, -0.25) is 14.3 Å². The number of rotatable bonds is 3. The van der Waals surface area contributed by atoms with E-state index in [4.69, 9.17) is 19.4 Å². The van der Waals surface area contributed by atoms with Crippen LogP contribution in [-0.2, 0) is 4.74 Å². The molecule has 0 aliphatic carbocycles. The van der Waals surface area contributed by atoms with Crippen LogP contribution in [0.4, 0.5) is 0 Å². The molecule has 110 valence electrons. The van der Waals surface area contributed by atoms with Gasteiger partial charge in [0.2, 0.25) is 0 Å². The number of thiocarbonyl (C=S) groups is 1. The highest BCUT2D eigenvalue weighted by molar-refractivity contribution is 7.99. The molecule has 0 unspecified atom stereocenters. The second-order valence-corrected chi connectivity index (χ2v) is 6.60. The quantitative estimate of drug-likeness (QED) is 0.325. The molecule has 1 fully saturated rings. The van der Waals surface area contributed by atoms with Gasteiger partial charge in [-0.15, -0.1) is 0 Å². The lowest BCUT2D eigenvalue weighted by Gasteiger charge is -2.15. The van der Waals surface area contributed by atoms with Crippen LogP contribution in [0, 0.1) is 0 Å². The molecule has 3 atom stereocenters. The predicted molar refractivity (Wildman–Crippen MR) is 72.0 cm³/mol. The van der Waals surface area contributed by atoms with Crippen molar-refractivity contribution < 1.29 is 24.5 Å². The van der Waals surface area contributed by atoms with Crippen molar-refractivity contribution in [3.8, 4) is 0 Å². The third-order valence-corrected chi connectivity index (χ3v) is 4.61. The largest absolute Gasteiger partial charge is 0.451 e. The van der Waals surface area contributed by atoms with E-state index in [0.717, 1.165) is 10.6 Å². The van der Waals surface area contributed by atoms with Gasteiger partial charge >= 0.3 is 13.6 Å². The van der Waals surface area contributed by atoms with Gasteiger partial charge in [0, 0.05) is 18.7 Å². The molecule has 0 spiro atoms. The van der Waals surface area contributed by atoms with Crippen LogP contribution in [0.5, 0.6) is 0 Å². The normalized spacial score (nSPS) is 26.7. The van der Waals surface area contributed by atoms with Crippen LogP contribution in [0.2, 0.25) is 0 Å². The summed E-state index contributed by atoms with van der Waals surface area (Å²) in [6.07, 6.45) is -2.32. The summed E-state index contributed by atoms with van der Waals surface area (Å²) in [7, 11) is -4.43. The zero-order valence-electron chi connectivity index (χ0n) is 9.91. The SMILES string of the molecule is O=c1ccn([C@H]2C[C@H](O)[C@@H](C(=S)[P+](O)(O)O)O2)c(=O)[nH]1.